The molecule has 0 spiro atoms. The number of rotatable bonds is 7. The molecule has 2 N–H and O–H groups in total. The van der Waals surface area contributed by atoms with Gasteiger partial charge in [-0.1, -0.05) is 17.7 Å². The van der Waals surface area contributed by atoms with E-state index in [1.165, 1.54) is 27.5 Å². The third-order valence-corrected chi connectivity index (χ3v) is 4.12. The smallest absolute Gasteiger partial charge is 0.274 e. The number of hydrogen-bond acceptors (Lipinski definition) is 7. The van der Waals surface area contributed by atoms with Crippen LogP contribution in [0.3, 0.4) is 0 Å². The zero-order valence-electron chi connectivity index (χ0n) is 16.6. The first kappa shape index (κ1) is 19.9. The van der Waals surface area contributed by atoms with Crippen molar-refractivity contribution in [2.75, 3.05) is 32.0 Å². The molecule has 29 heavy (non-hydrogen) atoms. The van der Waals surface area contributed by atoms with Gasteiger partial charge in [0.15, 0.2) is 11.5 Å². The molecule has 1 aromatic heterocycles. The summed E-state index contributed by atoms with van der Waals surface area (Å²) in [6, 6.07) is 12.5. The number of anilines is 3. The summed E-state index contributed by atoms with van der Waals surface area (Å²) in [5, 5.41) is 5.87. The highest BCUT2D eigenvalue weighted by atomic mass is 16.5. The van der Waals surface area contributed by atoms with Gasteiger partial charge in [-0.3, -0.25) is 4.79 Å². The molecule has 2 aromatic carbocycles. The molecule has 0 aliphatic rings. The predicted octanol–water partition coefficient (Wildman–Crippen LogP) is 3.81. The zero-order chi connectivity index (χ0) is 20.8. The maximum absolute atomic E-state index is 12.5. The summed E-state index contributed by atoms with van der Waals surface area (Å²) in [5.74, 6) is 1.39. The highest BCUT2D eigenvalue weighted by molar-refractivity contribution is 6.03. The Labute approximate surface area is 168 Å². The van der Waals surface area contributed by atoms with Crippen molar-refractivity contribution in [1.82, 2.24) is 9.97 Å². The fourth-order valence-electron chi connectivity index (χ4n) is 2.66. The minimum Gasteiger partial charge on any atom is -0.493 e. The third kappa shape index (κ3) is 4.73. The number of nitrogens with one attached hydrogen (secondary N) is 2. The lowest BCUT2D eigenvalue weighted by molar-refractivity contribution is 0.102. The van der Waals surface area contributed by atoms with Gasteiger partial charge < -0.3 is 24.8 Å². The molecule has 8 nitrogen and oxygen atoms in total. The lowest BCUT2D eigenvalue weighted by Crippen LogP contribution is -2.14. The van der Waals surface area contributed by atoms with Crippen LogP contribution in [0.5, 0.6) is 17.2 Å². The number of carbonyl (C=O) groups excluding carboxylic acids is 1. The summed E-state index contributed by atoms with van der Waals surface area (Å²) in [6.07, 6.45) is 1.51. The molecule has 0 unspecified atom stereocenters. The fraction of sp³-hybridized carbons (Fsp3) is 0.190. The predicted molar refractivity (Wildman–Crippen MR) is 111 cm³/mol. The Morgan fingerprint density at radius 2 is 1.55 bits per heavy atom. The molecule has 1 heterocycles. The minimum atomic E-state index is -0.329. The standard InChI is InChI=1S/C21H22N4O4/c1-13-5-7-14(8-6-13)23-20(26)16-9-10-22-21(25-16)24-15-11-17(27-2)19(29-4)18(12-15)28-3/h5-12H,1-4H3,(H,23,26)(H,22,24,25). The van der Waals surface area contributed by atoms with Crippen molar-refractivity contribution in [1.29, 1.82) is 0 Å². The van der Waals surface area contributed by atoms with Gasteiger partial charge in [0.1, 0.15) is 5.69 Å². The van der Waals surface area contributed by atoms with Crippen LogP contribution in [0.2, 0.25) is 0 Å². The maximum Gasteiger partial charge on any atom is 0.274 e. The molecule has 0 atom stereocenters. The van der Waals surface area contributed by atoms with Gasteiger partial charge in [0, 0.05) is 29.7 Å². The molecule has 3 aromatic rings. The fourth-order valence-corrected chi connectivity index (χ4v) is 2.66. The van der Waals surface area contributed by atoms with E-state index in [9.17, 15) is 4.79 Å². The van der Waals surface area contributed by atoms with Gasteiger partial charge >= 0.3 is 0 Å². The Morgan fingerprint density at radius 1 is 0.897 bits per heavy atom. The Morgan fingerprint density at radius 3 is 2.14 bits per heavy atom. The van der Waals surface area contributed by atoms with Crippen LogP contribution >= 0.6 is 0 Å². The van der Waals surface area contributed by atoms with E-state index in [1.807, 2.05) is 31.2 Å². The number of methoxy groups -OCH3 is 3. The summed E-state index contributed by atoms with van der Waals surface area (Å²) in [6.45, 7) is 1.98. The SMILES string of the molecule is COc1cc(Nc2nccc(C(=O)Nc3ccc(C)cc3)n2)cc(OC)c1OC. The second kappa shape index (κ2) is 8.92. The van der Waals surface area contributed by atoms with Gasteiger partial charge in [-0.25, -0.2) is 9.97 Å². The summed E-state index contributed by atoms with van der Waals surface area (Å²) in [7, 11) is 4.61. The van der Waals surface area contributed by atoms with E-state index in [0.29, 0.717) is 28.6 Å². The number of aromatic nitrogens is 2. The molecular weight excluding hydrogens is 372 g/mol. The molecule has 0 fully saturated rings. The lowest BCUT2D eigenvalue weighted by Gasteiger charge is -2.14. The number of aryl methyl sites for hydroxylation is 1. The summed E-state index contributed by atoms with van der Waals surface area (Å²) < 4.78 is 16.0. The molecule has 150 valence electrons. The summed E-state index contributed by atoms with van der Waals surface area (Å²) in [4.78, 5) is 21.0. The first-order valence-corrected chi connectivity index (χ1v) is 8.82. The van der Waals surface area contributed by atoms with Crippen LogP contribution in [-0.4, -0.2) is 37.2 Å². The van der Waals surface area contributed by atoms with Crippen LogP contribution < -0.4 is 24.8 Å². The molecule has 0 saturated heterocycles. The van der Waals surface area contributed by atoms with Crippen molar-refractivity contribution in [3.8, 4) is 17.2 Å². The zero-order valence-corrected chi connectivity index (χ0v) is 16.6. The summed E-state index contributed by atoms with van der Waals surface area (Å²) in [5.41, 5.74) is 2.66. The van der Waals surface area contributed by atoms with Crippen molar-refractivity contribution in [2.45, 2.75) is 6.92 Å². The quantitative estimate of drug-likeness (QED) is 0.629. The van der Waals surface area contributed by atoms with E-state index in [-0.39, 0.29) is 17.5 Å². The van der Waals surface area contributed by atoms with E-state index in [4.69, 9.17) is 14.2 Å². The monoisotopic (exact) mass is 394 g/mol. The van der Waals surface area contributed by atoms with Gasteiger partial charge in [-0.05, 0) is 25.1 Å². The molecule has 0 radical (unpaired) electrons. The van der Waals surface area contributed by atoms with Crippen LogP contribution in [0.1, 0.15) is 16.1 Å². The molecular formula is C21H22N4O4. The number of amides is 1. The van der Waals surface area contributed by atoms with Crippen molar-refractivity contribution in [2.24, 2.45) is 0 Å². The van der Waals surface area contributed by atoms with Gasteiger partial charge in [0.05, 0.1) is 21.3 Å². The van der Waals surface area contributed by atoms with Gasteiger partial charge in [-0.2, -0.15) is 0 Å². The second-order valence-electron chi connectivity index (χ2n) is 6.12. The third-order valence-electron chi connectivity index (χ3n) is 4.12. The summed E-state index contributed by atoms with van der Waals surface area (Å²) >= 11 is 0. The Kier molecular flexibility index (Phi) is 6.13. The topological polar surface area (TPSA) is 94.6 Å². The molecule has 1 amide bonds. The van der Waals surface area contributed by atoms with Crippen LogP contribution in [0.4, 0.5) is 17.3 Å². The lowest BCUT2D eigenvalue weighted by atomic mass is 10.2. The van der Waals surface area contributed by atoms with Gasteiger partial charge in [0.2, 0.25) is 11.7 Å². The van der Waals surface area contributed by atoms with Crippen molar-refractivity contribution >= 4 is 23.2 Å². The van der Waals surface area contributed by atoms with Crippen molar-refractivity contribution in [3.05, 3.63) is 59.9 Å². The van der Waals surface area contributed by atoms with Gasteiger partial charge in [0.25, 0.3) is 5.91 Å². The number of nitrogens with zero attached hydrogens (tertiary/aromatic N) is 2. The van der Waals surface area contributed by atoms with Crippen molar-refractivity contribution < 1.29 is 19.0 Å². The highest BCUT2D eigenvalue weighted by Crippen LogP contribution is 2.40. The molecule has 0 aliphatic heterocycles. The Bertz CT molecular complexity index is 981. The number of carbonyl (C=O) groups is 1. The van der Waals surface area contributed by atoms with Crippen LogP contribution in [0.25, 0.3) is 0 Å². The minimum absolute atomic E-state index is 0.232. The molecule has 3 rings (SSSR count). The Hall–Kier alpha value is -3.81. The Balaban J connectivity index is 1.81. The number of hydrogen-bond donors (Lipinski definition) is 2. The maximum atomic E-state index is 12.5. The largest absolute Gasteiger partial charge is 0.493 e. The van der Waals surface area contributed by atoms with Crippen LogP contribution in [0, 0.1) is 6.92 Å². The van der Waals surface area contributed by atoms with E-state index in [0.717, 1.165) is 5.56 Å². The average Bonchev–Trinajstić information content (AvgIpc) is 2.74. The van der Waals surface area contributed by atoms with E-state index in [1.54, 1.807) is 18.2 Å². The van der Waals surface area contributed by atoms with E-state index >= 15 is 0 Å². The molecule has 0 aliphatic carbocycles. The van der Waals surface area contributed by atoms with E-state index < -0.39 is 0 Å². The molecule has 0 bridgehead atoms. The average molecular weight is 394 g/mol. The van der Waals surface area contributed by atoms with Crippen molar-refractivity contribution in [3.63, 3.8) is 0 Å². The highest BCUT2D eigenvalue weighted by Gasteiger charge is 2.15. The molecule has 8 heteroatoms. The van der Waals surface area contributed by atoms with E-state index in [2.05, 4.69) is 20.6 Å². The second-order valence-corrected chi connectivity index (χ2v) is 6.12. The molecule has 0 saturated carbocycles. The first-order chi connectivity index (χ1) is 14.0. The van der Waals surface area contributed by atoms with Crippen LogP contribution in [-0.2, 0) is 0 Å². The first-order valence-electron chi connectivity index (χ1n) is 8.82. The number of benzene rings is 2. The normalized spacial score (nSPS) is 10.2. The number of ether oxygens (including phenoxy) is 3. The van der Waals surface area contributed by atoms with Crippen LogP contribution in [0.15, 0.2) is 48.7 Å². The van der Waals surface area contributed by atoms with Gasteiger partial charge in [-0.15, -0.1) is 0 Å².